The van der Waals surface area contributed by atoms with Gasteiger partial charge in [-0.15, -0.1) is 0 Å². The van der Waals surface area contributed by atoms with Gasteiger partial charge in [0.25, 0.3) is 0 Å². The lowest BCUT2D eigenvalue weighted by Gasteiger charge is -2.33. The number of hydrogen-bond donors (Lipinski definition) is 1. The highest BCUT2D eigenvalue weighted by molar-refractivity contribution is 5.27. The van der Waals surface area contributed by atoms with Gasteiger partial charge in [0.05, 0.1) is 0 Å². The third-order valence-electron chi connectivity index (χ3n) is 4.11. The van der Waals surface area contributed by atoms with Crippen molar-refractivity contribution in [1.82, 2.24) is 10.3 Å². The Kier molecular flexibility index (Phi) is 5.38. The van der Waals surface area contributed by atoms with E-state index in [9.17, 15) is 0 Å². The van der Waals surface area contributed by atoms with Crippen molar-refractivity contribution >= 4 is 0 Å². The smallest absolute Gasteiger partial charge is 0.0481 e. The van der Waals surface area contributed by atoms with Gasteiger partial charge < -0.3 is 5.32 Å². The zero-order chi connectivity index (χ0) is 13.7. The summed E-state index contributed by atoms with van der Waals surface area (Å²) < 4.78 is 0. The van der Waals surface area contributed by atoms with Gasteiger partial charge in [-0.1, -0.05) is 26.8 Å². The van der Waals surface area contributed by atoms with Gasteiger partial charge in [0.2, 0.25) is 0 Å². The summed E-state index contributed by atoms with van der Waals surface area (Å²) >= 11 is 0. The second kappa shape index (κ2) is 7.04. The van der Waals surface area contributed by atoms with Crippen LogP contribution in [0.1, 0.15) is 63.6 Å². The van der Waals surface area contributed by atoms with Crippen LogP contribution in [-0.2, 0) is 6.42 Å². The van der Waals surface area contributed by atoms with Crippen LogP contribution in [0, 0.1) is 5.92 Å². The van der Waals surface area contributed by atoms with E-state index in [1.807, 2.05) is 6.20 Å². The number of nitrogens with one attached hydrogen (secondary N) is 1. The average molecular weight is 260 g/mol. The molecule has 1 aromatic rings. The van der Waals surface area contributed by atoms with Gasteiger partial charge in [0.15, 0.2) is 0 Å². The van der Waals surface area contributed by atoms with Crippen LogP contribution in [0.25, 0.3) is 0 Å². The molecule has 0 amide bonds. The summed E-state index contributed by atoms with van der Waals surface area (Å²) in [6.45, 7) is 8.01. The minimum Gasteiger partial charge on any atom is -0.313 e. The van der Waals surface area contributed by atoms with Crippen LogP contribution in [0.15, 0.2) is 18.3 Å². The molecule has 2 atom stereocenters. The molecule has 0 aromatic carbocycles. The number of aryl methyl sites for hydroxylation is 1. The van der Waals surface area contributed by atoms with Crippen molar-refractivity contribution in [3.63, 3.8) is 0 Å². The Balaban J connectivity index is 2.17. The molecule has 1 heterocycles. The van der Waals surface area contributed by atoms with Gasteiger partial charge in [-0.05, 0) is 56.2 Å². The first-order valence-electron chi connectivity index (χ1n) is 7.89. The molecular weight excluding hydrogens is 232 g/mol. The fraction of sp³-hybridized carbons (Fsp3) is 0.706. The summed E-state index contributed by atoms with van der Waals surface area (Å²) in [5, 5.41) is 3.77. The van der Waals surface area contributed by atoms with E-state index < -0.39 is 0 Å². The fourth-order valence-corrected chi connectivity index (χ4v) is 3.26. The van der Waals surface area contributed by atoms with Gasteiger partial charge in [-0.3, -0.25) is 4.98 Å². The minimum atomic E-state index is 0.592. The van der Waals surface area contributed by atoms with E-state index in [1.165, 1.54) is 43.4 Å². The van der Waals surface area contributed by atoms with E-state index in [0.29, 0.717) is 12.0 Å². The van der Waals surface area contributed by atoms with Crippen molar-refractivity contribution < 1.29 is 0 Å². The fourth-order valence-electron chi connectivity index (χ4n) is 3.26. The minimum absolute atomic E-state index is 0.592. The first-order valence-corrected chi connectivity index (χ1v) is 7.89. The van der Waals surface area contributed by atoms with Gasteiger partial charge in [0.1, 0.15) is 0 Å². The third-order valence-corrected chi connectivity index (χ3v) is 4.11. The molecule has 0 fully saturated rings. The predicted octanol–water partition coefficient (Wildman–Crippen LogP) is 3.92. The second-order valence-electron chi connectivity index (χ2n) is 6.24. The molecule has 19 heavy (non-hydrogen) atoms. The van der Waals surface area contributed by atoms with Crippen LogP contribution in [-0.4, -0.2) is 17.6 Å². The lowest BCUT2D eigenvalue weighted by Crippen LogP contribution is -2.38. The standard InChI is InChI=1S/C17H28N2/c1-4-10-18-16(12-13(2)3)15-9-5-7-14-8-6-11-19-17(14)15/h6,8,11,13,15-16,18H,4-5,7,9-10,12H2,1-3H3. The van der Waals surface area contributed by atoms with Crippen molar-refractivity contribution in [3.05, 3.63) is 29.6 Å². The van der Waals surface area contributed by atoms with Crippen LogP contribution in [0.4, 0.5) is 0 Å². The number of rotatable bonds is 6. The van der Waals surface area contributed by atoms with Crippen molar-refractivity contribution in [3.8, 4) is 0 Å². The first-order chi connectivity index (χ1) is 9.22. The second-order valence-corrected chi connectivity index (χ2v) is 6.24. The summed E-state index contributed by atoms with van der Waals surface area (Å²) in [6.07, 6.45) is 8.23. The average Bonchev–Trinajstić information content (AvgIpc) is 2.42. The third kappa shape index (κ3) is 3.79. The molecular formula is C17H28N2. The Bertz CT molecular complexity index is 387. The van der Waals surface area contributed by atoms with Crippen molar-refractivity contribution in [2.45, 2.75) is 64.8 Å². The summed E-state index contributed by atoms with van der Waals surface area (Å²) in [7, 11) is 0. The van der Waals surface area contributed by atoms with Crippen molar-refractivity contribution in [1.29, 1.82) is 0 Å². The maximum atomic E-state index is 4.70. The highest BCUT2D eigenvalue weighted by atomic mass is 14.9. The van der Waals surface area contributed by atoms with Crippen LogP contribution in [0.3, 0.4) is 0 Å². The Labute approximate surface area is 118 Å². The topological polar surface area (TPSA) is 24.9 Å². The zero-order valence-electron chi connectivity index (χ0n) is 12.7. The number of aromatic nitrogens is 1. The monoisotopic (exact) mass is 260 g/mol. The molecule has 106 valence electrons. The molecule has 0 aliphatic heterocycles. The molecule has 1 aliphatic carbocycles. The van der Waals surface area contributed by atoms with Gasteiger partial charge >= 0.3 is 0 Å². The Morgan fingerprint density at radius 2 is 2.26 bits per heavy atom. The normalized spacial score (nSPS) is 20.3. The molecule has 1 N–H and O–H groups in total. The summed E-state index contributed by atoms with van der Waals surface area (Å²) in [4.78, 5) is 4.70. The maximum absolute atomic E-state index is 4.70. The van der Waals surface area contributed by atoms with Gasteiger partial charge in [-0.25, -0.2) is 0 Å². The van der Waals surface area contributed by atoms with E-state index in [-0.39, 0.29) is 0 Å². The highest BCUT2D eigenvalue weighted by Gasteiger charge is 2.28. The predicted molar refractivity (Wildman–Crippen MR) is 81.5 cm³/mol. The maximum Gasteiger partial charge on any atom is 0.0481 e. The number of hydrogen-bond acceptors (Lipinski definition) is 2. The lowest BCUT2D eigenvalue weighted by molar-refractivity contribution is 0.334. The molecule has 2 heteroatoms. The number of fused-ring (bicyclic) bond motifs is 1. The van der Waals surface area contributed by atoms with Crippen LogP contribution in [0.5, 0.6) is 0 Å². The number of pyridine rings is 1. The summed E-state index contributed by atoms with van der Waals surface area (Å²) in [5.74, 6) is 1.35. The van der Waals surface area contributed by atoms with Gasteiger partial charge in [0, 0.05) is 23.9 Å². The molecule has 0 spiro atoms. The molecule has 0 bridgehead atoms. The summed E-state index contributed by atoms with van der Waals surface area (Å²) in [6, 6.07) is 4.94. The van der Waals surface area contributed by atoms with E-state index in [4.69, 9.17) is 4.98 Å². The van der Waals surface area contributed by atoms with Crippen molar-refractivity contribution in [2.75, 3.05) is 6.54 Å². The zero-order valence-corrected chi connectivity index (χ0v) is 12.7. The van der Waals surface area contributed by atoms with Crippen LogP contribution in [0.2, 0.25) is 0 Å². The molecule has 2 unspecified atom stereocenters. The quantitative estimate of drug-likeness (QED) is 0.838. The molecule has 0 saturated carbocycles. The lowest BCUT2D eigenvalue weighted by atomic mass is 9.79. The number of nitrogens with zero attached hydrogens (tertiary/aromatic N) is 1. The molecule has 2 rings (SSSR count). The summed E-state index contributed by atoms with van der Waals surface area (Å²) in [5.41, 5.74) is 2.84. The van der Waals surface area contributed by atoms with E-state index >= 15 is 0 Å². The molecule has 0 saturated heterocycles. The van der Waals surface area contributed by atoms with Crippen LogP contribution < -0.4 is 5.32 Å². The Morgan fingerprint density at radius 1 is 1.42 bits per heavy atom. The van der Waals surface area contributed by atoms with Crippen molar-refractivity contribution in [2.24, 2.45) is 5.92 Å². The first kappa shape index (κ1) is 14.5. The molecule has 1 aliphatic rings. The molecule has 2 nitrogen and oxygen atoms in total. The van der Waals surface area contributed by atoms with E-state index in [0.717, 1.165) is 12.5 Å². The largest absolute Gasteiger partial charge is 0.313 e. The van der Waals surface area contributed by atoms with E-state index in [2.05, 4.69) is 38.2 Å². The molecule has 1 aromatic heterocycles. The highest BCUT2D eigenvalue weighted by Crippen LogP contribution is 2.34. The SMILES string of the molecule is CCCNC(CC(C)C)C1CCCc2cccnc21. The van der Waals surface area contributed by atoms with Gasteiger partial charge in [-0.2, -0.15) is 0 Å². The Hall–Kier alpha value is -0.890. The molecule has 0 radical (unpaired) electrons. The van der Waals surface area contributed by atoms with E-state index in [1.54, 1.807) is 0 Å². The Morgan fingerprint density at radius 3 is 3.00 bits per heavy atom. The van der Waals surface area contributed by atoms with Crippen LogP contribution >= 0.6 is 0 Å².